The molecule has 3 nitrogen and oxygen atoms in total. The second-order valence-corrected chi connectivity index (χ2v) is 4.95. The van der Waals surface area contributed by atoms with E-state index in [0.29, 0.717) is 5.56 Å². The lowest BCUT2D eigenvalue weighted by Crippen LogP contribution is -1.98. The van der Waals surface area contributed by atoms with Crippen molar-refractivity contribution in [3.8, 4) is 11.8 Å². The van der Waals surface area contributed by atoms with Gasteiger partial charge in [-0.2, -0.15) is 10.4 Å². The molecule has 5 heteroatoms. The first-order valence-corrected chi connectivity index (χ1v) is 5.98. The molecule has 0 bridgehead atoms. The number of rotatable bonds is 1. The van der Waals surface area contributed by atoms with E-state index in [1.807, 2.05) is 24.4 Å². The Balaban J connectivity index is 2.63. The molecule has 0 aliphatic rings. The lowest BCUT2D eigenvalue weighted by molar-refractivity contribution is 0.876. The highest BCUT2D eigenvalue weighted by Crippen LogP contribution is 2.22. The van der Waals surface area contributed by atoms with Gasteiger partial charge in [0.25, 0.3) is 0 Å². The molecule has 0 aliphatic heterocycles. The Kier molecular flexibility index (Phi) is 3.07. The van der Waals surface area contributed by atoms with E-state index >= 15 is 0 Å². The van der Waals surface area contributed by atoms with Crippen LogP contribution in [0.4, 0.5) is 0 Å². The predicted molar refractivity (Wildman–Crippen MR) is 68.7 cm³/mol. The Morgan fingerprint density at radius 2 is 2.27 bits per heavy atom. The molecule has 0 fully saturated rings. The number of nitriles is 1. The van der Waals surface area contributed by atoms with Crippen LogP contribution in [-0.4, -0.2) is 9.78 Å². The SMILES string of the molecule is N#Cc1c(Br)cccc1-n1cc(I)cn1. The normalized spacial score (nSPS) is 9.93. The first kappa shape index (κ1) is 10.6. The summed E-state index contributed by atoms with van der Waals surface area (Å²) in [4.78, 5) is 0. The van der Waals surface area contributed by atoms with Crippen LogP contribution in [0.15, 0.2) is 35.1 Å². The van der Waals surface area contributed by atoms with Crippen LogP contribution in [0.25, 0.3) is 5.69 Å². The van der Waals surface area contributed by atoms with E-state index in [1.54, 1.807) is 10.9 Å². The maximum Gasteiger partial charge on any atom is 0.103 e. The minimum atomic E-state index is 0.594. The van der Waals surface area contributed by atoms with Gasteiger partial charge in [0.2, 0.25) is 0 Å². The summed E-state index contributed by atoms with van der Waals surface area (Å²) in [7, 11) is 0. The molecule has 2 rings (SSSR count). The average molecular weight is 374 g/mol. The van der Waals surface area contributed by atoms with Crippen molar-refractivity contribution < 1.29 is 0 Å². The van der Waals surface area contributed by atoms with Crippen molar-refractivity contribution in [3.63, 3.8) is 0 Å². The maximum atomic E-state index is 9.04. The van der Waals surface area contributed by atoms with Crippen molar-refractivity contribution >= 4 is 38.5 Å². The first-order chi connectivity index (χ1) is 7.22. The number of hydrogen-bond acceptors (Lipinski definition) is 2. The first-order valence-electron chi connectivity index (χ1n) is 4.11. The van der Waals surface area contributed by atoms with Crippen molar-refractivity contribution in [3.05, 3.63) is 44.2 Å². The fraction of sp³-hybridized carbons (Fsp3) is 0. The fourth-order valence-electron chi connectivity index (χ4n) is 1.25. The molecule has 1 aromatic carbocycles. The number of benzene rings is 1. The molecule has 0 aliphatic carbocycles. The third-order valence-electron chi connectivity index (χ3n) is 1.90. The fourth-order valence-corrected chi connectivity index (χ4v) is 2.08. The van der Waals surface area contributed by atoms with Gasteiger partial charge in [0.05, 0.1) is 21.0 Å². The number of hydrogen-bond donors (Lipinski definition) is 0. The molecule has 1 heterocycles. The van der Waals surface area contributed by atoms with E-state index in [1.165, 1.54) is 0 Å². The number of nitrogens with zero attached hydrogens (tertiary/aromatic N) is 3. The molecule has 0 spiro atoms. The van der Waals surface area contributed by atoms with E-state index in [9.17, 15) is 0 Å². The molecule has 0 atom stereocenters. The van der Waals surface area contributed by atoms with Gasteiger partial charge < -0.3 is 0 Å². The summed E-state index contributed by atoms with van der Waals surface area (Å²) in [5.74, 6) is 0. The minimum Gasteiger partial charge on any atom is -0.239 e. The maximum absolute atomic E-state index is 9.04. The van der Waals surface area contributed by atoms with Crippen LogP contribution in [0.2, 0.25) is 0 Å². The van der Waals surface area contributed by atoms with Crippen molar-refractivity contribution in [2.24, 2.45) is 0 Å². The summed E-state index contributed by atoms with van der Waals surface area (Å²) in [6.07, 6.45) is 3.63. The lowest BCUT2D eigenvalue weighted by Gasteiger charge is -2.04. The quantitative estimate of drug-likeness (QED) is 0.721. The van der Waals surface area contributed by atoms with Crippen molar-refractivity contribution in [2.75, 3.05) is 0 Å². The van der Waals surface area contributed by atoms with Gasteiger partial charge in [-0.05, 0) is 50.7 Å². The van der Waals surface area contributed by atoms with E-state index in [4.69, 9.17) is 5.26 Å². The van der Waals surface area contributed by atoms with E-state index in [0.717, 1.165) is 13.7 Å². The molecule has 74 valence electrons. The van der Waals surface area contributed by atoms with Crippen LogP contribution in [0.3, 0.4) is 0 Å². The van der Waals surface area contributed by atoms with Crippen LogP contribution in [-0.2, 0) is 0 Å². The molecule has 15 heavy (non-hydrogen) atoms. The van der Waals surface area contributed by atoms with Gasteiger partial charge in [-0.15, -0.1) is 0 Å². The van der Waals surface area contributed by atoms with Crippen LogP contribution in [0.5, 0.6) is 0 Å². The molecular formula is C10H5BrIN3. The average Bonchev–Trinajstić information content (AvgIpc) is 2.64. The zero-order chi connectivity index (χ0) is 10.8. The zero-order valence-corrected chi connectivity index (χ0v) is 11.2. The molecule has 1 aromatic heterocycles. The third-order valence-corrected chi connectivity index (χ3v) is 3.12. The van der Waals surface area contributed by atoms with E-state index in [-0.39, 0.29) is 0 Å². The largest absolute Gasteiger partial charge is 0.239 e. The van der Waals surface area contributed by atoms with Gasteiger partial charge in [-0.25, -0.2) is 4.68 Å². The van der Waals surface area contributed by atoms with E-state index < -0.39 is 0 Å². The standard InChI is InChI=1S/C10H5BrIN3/c11-9-2-1-3-10(8(9)4-13)15-6-7(12)5-14-15/h1-3,5-6H. The Morgan fingerprint density at radius 3 is 2.87 bits per heavy atom. The minimum absolute atomic E-state index is 0.594. The summed E-state index contributed by atoms with van der Waals surface area (Å²) >= 11 is 5.53. The Labute approximate surface area is 109 Å². The van der Waals surface area contributed by atoms with Crippen LogP contribution in [0, 0.1) is 14.9 Å². The molecular weight excluding hydrogens is 369 g/mol. The van der Waals surface area contributed by atoms with Crippen LogP contribution < -0.4 is 0 Å². The zero-order valence-electron chi connectivity index (χ0n) is 7.48. The molecule has 2 aromatic rings. The van der Waals surface area contributed by atoms with Gasteiger partial charge in [0.1, 0.15) is 6.07 Å². The van der Waals surface area contributed by atoms with Crippen LogP contribution >= 0.6 is 38.5 Å². The Bertz CT molecular complexity index is 542. The molecule has 0 saturated carbocycles. The van der Waals surface area contributed by atoms with Gasteiger partial charge in [0.15, 0.2) is 0 Å². The third kappa shape index (κ3) is 2.06. The van der Waals surface area contributed by atoms with Gasteiger partial charge in [-0.1, -0.05) is 6.07 Å². The summed E-state index contributed by atoms with van der Waals surface area (Å²) in [6, 6.07) is 7.76. The highest BCUT2D eigenvalue weighted by Gasteiger charge is 2.08. The lowest BCUT2D eigenvalue weighted by atomic mass is 10.2. The van der Waals surface area contributed by atoms with Crippen molar-refractivity contribution in [2.45, 2.75) is 0 Å². The number of aromatic nitrogens is 2. The predicted octanol–water partition coefficient (Wildman–Crippen LogP) is 3.11. The Hall–Kier alpha value is -0.870. The van der Waals surface area contributed by atoms with Crippen molar-refractivity contribution in [1.29, 1.82) is 5.26 Å². The second-order valence-electron chi connectivity index (χ2n) is 2.85. The summed E-state index contributed by atoms with van der Waals surface area (Å²) in [5, 5.41) is 13.2. The Morgan fingerprint density at radius 1 is 1.47 bits per heavy atom. The van der Waals surface area contributed by atoms with Gasteiger partial charge in [-0.3, -0.25) is 0 Å². The van der Waals surface area contributed by atoms with Gasteiger partial charge in [0, 0.05) is 10.7 Å². The summed E-state index contributed by atoms with van der Waals surface area (Å²) in [6.45, 7) is 0. The summed E-state index contributed by atoms with van der Waals surface area (Å²) in [5.41, 5.74) is 1.38. The van der Waals surface area contributed by atoms with Crippen LogP contribution in [0.1, 0.15) is 5.56 Å². The molecule has 0 amide bonds. The second kappa shape index (κ2) is 4.33. The topological polar surface area (TPSA) is 41.6 Å². The van der Waals surface area contributed by atoms with Gasteiger partial charge >= 0.3 is 0 Å². The smallest absolute Gasteiger partial charge is 0.103 e. The number of halogens is 2. The highest BCUT2D eigenvalue weighted by atomic mass is 127. The molecule has 0 unspecified atom stereocenters. The summed E-state index contributed by atoms with van der Waals surface area (Å²) < 4.78 is 3.52. The van der Waals surface area contributed by atoms with Crippen molar-refractivity contribution in [1.82, 2.24) is 9.78 Å². The molecule has 0 N–H and O–H groups in total. The van der Waals surface area contributed by atoms with E-state index in [2.05, 4.69) is 49.7 Å². The monoisotopic (exact) mass is 373 g/mol. The molecule has 0 saturated heterocycles. The molecule has 0 radical (unpaired) electrons. The highest BCUT2D eigenvalue weighted by molar-refractivity contribution is 14.1.